The van der Waals surface area contributed by atoms with Gasteiger partial charge in [-0.05, 0) is 37.8 Å². The third-order valence-electron chi connectivity index (χ3n) is 5.00. The lowest BCUT2D eigenvalue weighted by Gasteiger charge is -2.37. The van der Waals surface area contributed by atoms with E-state index >= 15 is 0 Å². The molecule has 0 spiro atoms. The van der Waals surface area contributed by atoms with E-state index in [9.17, 15) is 0 Å². The first-order chi connectivity index (χ1) is 9.81. The Bertz CT molecular complexity index is 607. The molecule has 2 aliphatic heterocycles. The number of nitrogens with one attached hydrogen (secondary N) is 1. The molecule has 2 atom stereocenters. The molecule has 0 amide bonds. The Morgan fingerprint density at radius 1 is 1.10 bits per heavy atom. The van der Waals surface area contributed by atoms with Gasteiger partial charge in [-0.2, -0.15) is 0 Å². The van der Waals surface area contributed by atoms with Gasteiger partial charge in [0.1, 0.15) is 0 Å². The molecular weight excluding hydrogens is 246 g/mol. The highest BCUT2D eigenvalue weighted by Crippen LogP contribution is 2.33. The van der Waals surface area contributed by atoms with Crippen LogP contribution in [0.4, 0.5) is 5.69 Å². The molecular formula is C17H21N3. The second kappa shape index (κ2) is 4.74. The summed E-state index contributed by atoms with van der Waals surface area (Å²) in [6.45, 7) is 0. The molecule has 2 aromatic rings. The summed E-state index contributed by atoms with van der Waals surface area (Å²) in [6, 6.07) is 12.7. The Morgan fingerprint density at radius 2 is 1.85 bits per heavy atom. The molecule has 3 heteroatoms. The van der Waals surface area contributed by atoms with Crippen molar-refractivity contribution >= 4 is 16.6 Å². The quantitative estimate of drug-likeness (QED) is 0.906. The predicted octanol–water partition coefficient (Wildman–Crippen LogP) is 2.95. The smallest absolute Gasteiger partial charge is 0.0722 e. The first-order valence-corrected chi connectivity index (χ1v) is 7.64. The van der Waals surface area contributed by atoms with Crippen molar-refractivity contribution in [1.82, 2.24) is 10.3 Å². The number of para-hydroxylation sites is 1. The Hall–Kier alpha value is -1.61. The van der Waals surface area contributed by atoms with Gasteiger partial charge in [0, 0.05) is 42.4 Å². The van der Waals surface area contributed by atoms with Crippen molar-refractivity contribution in [2.75, 3.05) is 11.9 Å². The van der Waals surface area contributed by atoms with E-state index in [0.717, 1.165) is 17.6 Å². The number of anilines is 1. The molecule has 20 heavy (non-hydrogen) atoms. The topological polar surface area (TPSA) is 28.2 Å². The van der Waals surface area contributed by atoms with Crippen molar-refractivity contribution in [1.29, 1.82) is 0 Å². The second-order valence-electron chi connectivity index (χ2n) is 6.22. The SMILES string of the molecule is CN(c1ccnc2ccccc12)C1CC2CCC(C1)N2. The van der Waals surface area contributed by atoms with E-state index in [0.29, 0.717) is 6.04 Å². The van der Waals surface area contributed by atoms with Gasteiger partial charge < -0.3 is 10.2 Å². The molecule has 1 aromatic carbocycles. The van der Waals surface area contributed by atoms with Crippen LogP contribution in [-0.4, -0.2) is 30.2 Å². The second-order valence-corrected chi connectivity index (χ2v) is 6.22. The molecule has 104 valence electrons. The van der Waals surface area contributed by atoms with Gasteiger partial charge in [-0.1, -0.05) is 18.2 Å². The number of aromatic nitrogens is 1. The molecule has 1 aromatic heterocycles. The van der Waals surface area contributed by atoms with Crippen molar-refractivity contribution < 1.29 is 0 Å². The van der Waals surface area contributed by atoms with Gasteiger partial charge in [-0.25, -0.2) is 0 Å². The van der Waals surface area contributed by atoms with Crippen molar-refractivity contribution in [3.05, 3.63) is 36.5 Å². The molecule has 3 heterocycles. The number of nitrogens with zero attached hydrogens (tertiary/aromatic N) is 2. The molecule has 0 radical (unpaired) electrons. The molecule has 2 saturated heterocycles. The number of pyridine rings is 1. The van der Waals surface area contributed by atoms with Crippen LogP contribution < -0.4 is 10.2 Å². The molecule has 3 nitrogen and oxygen atoms in total. The maximum absolute atomic E-state index is 4.47. The summed E-state index contributed by atoms with van der Waals surface area (Å²) in [4.78, 5) is 6.95. The molecule has 0 aliphatic carbocycles. The van der Waals surface area contributed by atoms with E-state index in [4.69, 9.17) is 0 Å². The molecule has 2 unspecified atom stereocenters. The standard InChI is InChI=1S/C17H21N3/c1-20(14-10-12-6-7-13(11-14)19-12)17-8-9-18-16-5-3-2-4-15(16)17/h2-5,8-9,12-14,19H,6-7,10-11H2,1H3. The third kappa shape index (κ3) is 1.97. The van der Waals surface area contributed by atoms with E-state index in [2.05, 4.69) is 52.6 Å². The molecule has 2 aliphatic rings. The highest BCUT2D eigenvalue weighted by atomic mass is 15.2. The van der Waals surface area contributed by atoms with Crippen LogP contribution in [0.15, 0.2) is 36.5 Å². The minimum absolute atomic E-state index is 0.652. The predicted molar refractivity (Wildman–Crippen MR) is 83.1 cm³/mol. The lowest BCUT2D eigenvalue weighted by molar-refractivity contribution is 0.355. The average Bonchev–Trinajstić information content (AvgIpc) is 2.84. The summed E-state index contributed by atoms with van der Waals surface area (Å²) < 4.78 is 0. The van der Waals surface area contributed by atoms with E-state index in [1.165, 1.54) is 36.8 Å². The van der Waals surface area contributed by atoms with Crippen molar-refractivity contribution in [3.63, 3.8) is 0 Å². The zero-order valence-electron chi connectivity index (χ0n) is 11.9. The van der Waals surface area contributed by atoms with Gasteiger partial charge in [-0.15, -0.1) is 0 Å². The van der Waals surface area contributed by atoms with Gasteiger partial charge >= 0.3 is 0 Å². The summed E-state index contributed by atoms with van der Waals surface area (Å²) in [6.07, 6.45) is 7.18. The maximum Gasteiger partial charge on any atom is 0.0722 e. The fraction of sp³-hybridized carbons (Fsp3) is 0.471. The fourth-order valence-corrected chi connectivity index (χ4v) is 3.93. The van der Waals surface area contributed by atoms with Crippen LogP contribution in [0, 0.1) is 0 Å². The normalized spacial score (nSPS) is 28.8. The Balaban J connectivity index is 1.68. The van der Waals surface area contributed by atoms with Crippen molar-refractivity contribution in [2.45, 2.75) is 43.8 Å². The molecule has 4 rings (SSSR count). The lowest BCUT2D eigenvalue weighted by Crippen LogP contribution is -2.47. The van der Waals surface area contributed by atoms with Crippen LogP contribution in [0.25, 0.3) is 10.9 Å². The van der Waals surface area contributed by atoms with Crippen LogP contribution in [0.2, 0.25) is 0 Å². The van der Waals surface area contributed by atoms with Crippen LogP contribution in [0.1, 0.15) is 25.7 Å². The molecule has 2 bridgehead atoms. The zero-order valence-corrected chi connectivity index (χ0v) is 11.9. The number of hydrogen-bond acceptors (Lipinski definition) is 3. The number of rotatable bonds is 2. The summed E-state index contributed by atoms with van der Waals surface area (Å²) in [5, 5.41) is 4.99. The van der Waals surface area contributed by atoms with Gasteiger partial charge in [0.05, 0.1) is 5.52 Å². The highest BCUT2D eigenvalue weighted by molar-refractivity contribution is 5.91. The summed E-state index contributed by atoms with van der Waals surface area (Å²) in [5.41, 5.74) is 2.41. The van der Waals surface area contributed by atoms with Crippen molar-refractivity contribution in [3.8, 4) is 0 Å². The van der Waals surface area contributed by atoms with Crippen LogP contribution in [-0.2, 0) is 0 Å². The number of fused-ring (bicyclic) bond motifs is 3. The Kier molecular flexibility index (Phi) is 2.88. The van der Waals surface area contributed by atoms with E-state index in [1.54, 1.807) is 0 Å². The van der Waals surface area contributed by atoms with Gasteiger partial charge in [0.25, 0.3) is 0 Å². The maximum atomic E-state index is 4.47. The minimum atomic E-state index is 0.652. The van der Waals surface area contributed by atoms with E-state index in [1.807, 2.05) is 6.20 Å². The molecule has 0 saturated carbocycles. The summed E-state index contributed by atoms with van der Waals surface area (Å²) >= 11 is 0. The van der Waals surface area contributed by atoms with E-state index in [-0.39, 0.29) is 0 Å². The number of piperidine rings is 1. The molecule has 1 N–H and O–H groups in total. The van der Waals surface area contributed by atoms with Crippen LogP contribution in [0.3, 0.4) is 0 Å². The number of benzene rings is 1. The summed E-state index contributed by atoms with van der Waals surface area (Å²) in [7, 11) is 2.25. The monoisotopic (exact) mass is 267 g/mol. The Labute approximate surface area is 120 Å². The Morgan fingerprint density at radius 3 is 2.65 bits per heavy atom. The zero-order chi connectivity index (χ0) is 13.5. The third-order valence-corrected chi connectivity index (χ3v) is 5.00. The summed E-state index contributed by atoms with van der Waals surface area (Å²) in [5.74, 6) is 0. The minimum Gasteiger partial charge on any atom is -0.371 e. The fourth-order valence-electron chi connectivity index (χ4n) is 3.93. The van der Waals surface area contributed by atoms with Gasteiger partial charge in [-0.3, -0.25) is 4.98 Å². The molecule has 2 fully saturated rings. The number of hydrogen-bond donors (Lipinski definition) is 1. The van der Waals surface area contributed by atoms with Crippen molar-refractivity contribution in [2.24, 2.45) is 0 Å². The van der Waals surface area contributed by atoms with E-state index < -0.39 is 0 Å². The van der Waals surface area contributed by atoms with Gasteiger partial charge in [0.2, 0.25) is 0 Å². The lowest BCUT2D eigenvalue weighted by atomic mass is 9.97. The highest BCUT2D eigenvalue weighted by Gasteiger charge is 2.35. The van der Waals surface area contributed by atoms with Crippen LogP contribution in [0.5, 0.6) is 0 Å². The van der Waals surface area contributed by atoms with Crippen LogP contribution >= 0.6 is 0 Å². The first-order valence-electron chi connectivity index (χ1n) is 7.64. The first kappa shape index (κ1) is 12.2. The van der Waals surface area contributed by atoms with Gasteiger partial charge in [0.15, 0.2) is 0 Å². The largest absolute Gasteiger partial charge is 0.371 e. The average molecular weight is 267 g/mol.